The minimum atomic E-state index is -1.16. The van der Waals surface area contributed by atoms with E-state index in [9.17, 15) is 9.59 Å². The zero-order valence-electron chi connectivity index (χ0n) is 15.0. The summed E-state index contributed by atoms with van der Waals surface area (Å²) in [5, 5.41) is 2.96. The van der Waals surface area contributed by atoms with Gasteiger partial charge in [0.05, 0.1) is 0 Å². The molecule has 2 aromatic rings. The number of imide groups is 1. The highest BCUT2D eigenvalue weighted by Crippen LogP contribution is 2.35. The summed E-state index contributed by atoms with van der Waals surface area (Å²) >= 11 is 0. The number of rotatable bonds is 6. The predicted octanol–water partition coefficient (Wildman–Crippen LogP) is 2.86. The molecule has 0 radical (unpaired) electrons. The van der Waals surface area contributed by atoms with Crippen molar-refractivity contribution in [1.29, 1.82) is 0 Å². The molecule has 5 nitrogen and oxygen atoms in total. The summed E-state index contributed by atoms with van der Waals surface area (Å²) in [6.45, 7) is 1.23. The van der Waals surface area contributed by atoms with Crippen molar-refractivity contribution >= 4 is 24.3 Å². The fraction of sp³-hybridized carbons (Fsp3) is 0.300. The Bertz CT molecular complexity index is 711. The molecule has 0 bridgehead atoms. The molecule has 0 saturated carbocycles. The Morgan fingerprint density at radius 3 is 1.88 bits per heavy atom. The second-order valence-electron chi connectivity index (χ2n) is 6.53. The van der Waals surface area contributed by atoms with Gasteiger partial charge in [-0.1, -0.05) is 60.7 Å². The standard InChI is InChI=1S/C20H23N3O2.ClH/c1-22(2)14-9-15-23-18(24)20(21-19(23)25,16-10-5-3-6-11-16)17-12-7-4-8-13-17;/h3-8,10-13H,9,14-15H2,1-2H3,(H,21,25);1H. The summed E-state index contributed by atoms with van der Waals surface area (Å²) in [5.74, 6) is -0.214. The number of benzene rings is 2. The molecule has 1 saturated heterocycles. The van der Waals surface area contributed by atoms with E-state index in [1.54, 1.807) is 0 Å². The van der Waals surface area contributed by atoms with Gasteiger partial charge in [-0.3, -0.25) is 9.69 Å². The van der Waals surface area contributed by atoms with E-state index in [0.29, 0.717) is 6.54 Å². The molecule has 1 heterocycles. The average molecular weight is 374 g/mol. The maximum atomic E-state index is 13.3. The Morgan fingerprint density at radius 2 is 1.42 bits per heavy atom. The molecule has 0 unspecified atom stereocenters. The topological polar surface area (TPSA) is 52.6 Å². The summed E-state index contributed by atoms with van der Waals surface area (Å²) in [6, 6.07) is 18.5. The first kappa shape index (κ1) is 19.9. The first-order chi connectivity index (χ1) is 12.1. The minimum Gasteiger partial charge on any atom is -0.315 e. The molecule has 0 aliphatic carbocycles. The van der Waals surface area contributed by atoms with Gasteiger partial charge in [0.2, 0.25) is 0 Å². The van der Waals surface area contributed by atoms with E-state index in [2.05, 4.69) is 5.32 Å². The third kappa shape index (κ3) is 3.59. The third-order valence-corrected chi connectivity index (χ3v) is 4.51. The van der Waals surface area contributed by atoms with E-state index in [1.165, 1.54) is 4.90 Å². The highest BCUT2D eigenvalue weighted by atomic mass is 35.5. The number of amides is 3. The molecule has 6 heteroatoms. The van der Waals surface area contributed by atoms with E-state index < -0.39 is 5.54 Å². The Morgan fingerprint density at radius 1 is 0.923 bits per heavy atom. The lowest BCUT2D eigenvalue weighted by atomic mass is 9.82. The van der Waals surface area contributed by atoms with Gasteiger partial charge in [-0.25, -0.2) is 4.79 Å². The molecule has 1 fully saturated rings. The van der Waals surface area contributed by atoms with Gasteiger partial charge in [0.1, 0.15) is 0 Å². The number of halogens is 1. The molecule has 0 aromatic heterocycles. The molecular formula is C20H24ClN3O2. The zero-order valence-corrected chi connectivity index (χ0v) is 15.8. The Balaban J connectivity index is 0.00000243. The lowest BCUT2D eigenvalue weighted by Gasteiger charge is -2.28. The minimum absolute atomic E-state index is 0. The van der Waals surface area contributed by atoms with Crippen LogP contribution in [-0.2, 0) is 10.3 Å². The van der Waals surface area contributed by atoms with E-state index in [1.807, 2.05) is 79.7 Å². The van der Waals surface area contributed by atoms with Crippen molar-refractivity contribution in [2.24, 2.45) is 0 Å². The van der Waals surface area contributed by atoms with E-state index >= 15 is 0 Å². The summed E-state index contributed by atoms with van der Waals surface area (Å²) in [6.07, 6.45) is 0.742. The fourth-order valence-corrected chi connectivity index (χ4v) is 3.26. The van der Waals surface area contributed by atoms with Crippen LogP contribution < -0.4 is 5.32 Å². The number of urea groups is 1. The number of hydrogen-bond donors (Lipinski definition) is 1. The van der Waals surface area contributed by atoms with Gasteiger partial charge in [-0.15, -0.1) is 12.4 Å². The summed E-state index contributed by atoms with van der Waals surface area (Å²) in [5.41, 5.74) is 0.391. The first-order valence-electron chi connectivity index (χ1n) is 8.45. The van der Waals surface area contributed by atoms with Crippen LogP contribution in [-0.4, -0.2) is 48.9 Å². The van der Waals surface area contributed by atoms with Gasteiger partial charge >= 0.3 is 6.03 Å². The summed E-state index contributed by atoms with van der Waals surface area (Å²) in [4.78, 5) is 29.3. The smallest absolute Gasteiger partial charge is 0.315 e. The fourth-order valence-electron chi connectivity index (χ4n) is 3.26. The van der Waals surface area contributed by atoms with Crippen molar-refractivity contribution in [3.63, 3.8) is 0 Å². The normalized spacial score (nSPS) is 15.7. The Labute approximate surface area is 160 Å². The van der Waals surface area contributed by atoms with Crippen LogP contribution in [0, 0.1) is 0 Å². The van der Waals surface area contributed by atoms with Crippen LogP contribution in [0.25, 0.3) is 0 Å². The van der Waals surface area contributed by atoms with Crippen molar-refractivity contribution < 1.29 is 9.59 Å². The zero-order chi connectivity index (χ0) is 17.9. The lowest BCUT2D eigenvalue weighted by molar-refractivity contribution is -0.130. The van der Waals surface area contributed by atoms with Crippen molar-refractivity contribution in [2.75, 3.05) is 27.2 Å². The molecule has 1 aliphatic heterocycles. The van der Waals surface area contributed by atoms with Crippen LogP contribution in [0.3, 0.4) is 0 Å². The van der Waals surface area contributed by atoms with Gasteiger partial charge in [0.15, 0.2) is 5.54 Å². The second-order valence-corrected chi connectivity index (χ2v) is 6.53. The maximum Gasteiger partial charge on any atom is 0.325 e. The van der Waals surface area contributed by atoms with Gasteiger partial charge in [0.25, 0.3) is 5.91 Å². The first-order valence-corrected chi connectivity index (χ1v) is 8.45. The van der Waals surface area contributed by atoms with Crippen LogP contribution in [0.5, 0.6) is 0 Å². The van der Waals surface area contributed by atoms with Crippen molar-refractivity contribution in [2.45, 2.75) is 12.0 Å². The van der Waals surface area contributed by atoms with Crippen LogP contribution >= 0.6 is 12.4 Å². The SMILES string of the molecule is CN(C)CCCN1C(=O)NC(c2ccccc2)(c2ccccc2)C1=O.Cl. The molecule has 3 amide bonds. The third-order valence-electron chi connectivity index (χ3n) is 4.51. The largest absolute Gasteiger partial charge is 0.325 e. The molecule has 1 aliphatic rings. The van der Waals surface area contributed by atoms with Crippen molar-refractivity contribution in [3.8, 4) is 0 Å². The quantitative estimate of drug-likeness (QED) is 0.792. The molecule has 3 rings (SSSR count). The van der Waals surface area contributed by atoms with E-state index in [4.69, 9.17) is 0 Å². The molecule has 1 N–H and O–H groups in total. The van der Waals surface area contributed by atoms with Crippen LogP contribution in [0.15, 0.2) is 60.7 Å². The molecular weight excluding hydrogens is 350 g/mol. The van der Waals surface area contributed by atoms with Gasteiger partial charge in [-0.2, -0.15) is 0 Å². The molecule has 26 heavy (non-hydrogen) atoms. The summed E-state index contributed by atoms with van der Waals surface area (Å²) in [7, 11) is 3.95. The summed E-state index contributed by atoms with van der Waals surface area (Å²) < 4.78 is 0. The molecule has 2 aromatic carbocycles. The molecule has 0 spiro atoms. The predicted molar refractivity (Wildman–Crippen MR) is 104 cm³/mol. The highest BCUT2D eigenvalue weighted by molar-refractivity contribution is 6.09. The van der Waals surface area contributed by atoms with E-state index in [0.717, 1.165) is 24.1 Å². The second kappa shape index (κ2) is 8.34. The number of carbonyl (C=O) groups is 2. The van der Waals surface area contributed by atoms with Gasteiger partial charge < -0.3 is 10.2 Å². The maximum absolute atomic E-state index is 13.3. The Hall–Kier alpha value is -2.37. The monoisotopic (exact) mass is 373 g/mol. The van der Waals surface area contributed by atoms with Crippen LogP contribution in [0.1, 0.15) is 17.5 Å². The Kier molecular flexibility index (Phi) is 6.40. The number of hydrogen-bond acceptors (Lipinski definition) is 3. The number of nitrogens with one attached hydrogen (secondary N) is 1. The molecule has 138 valence electrons. The van der Waals surface area contributed by atoms with Crippen LogP contribution in [0.2, 0.25) is 0 Å². The van der Waals surface area contributed by atoms with E-state index in [-0.39, 0.29) is 24.3 Å². The average Bonchev–Trinajstić information content (AvgIpc) is 2.88. The van der Waals surface area contributed by atoms with Gasteiger partial charge in [-0.05, 0) is 38.2 Å². The number of nitrogens with zero attached hydrogens (tertiary/aromatic N) is 2. The van der Waals surface area contributed by atoms with Crippen molar-refractivity contribution in [3.05, 3.63) is 71.8 Å². The van der Waals surface area contributed by atoms with Crippen LogP contribution in [0.4, 0.5) is 4.79 Å². The highest BCUT2D eigenvalue weighted by Gasteiger charge is 2.53. The lowest BCUT2D eigenvalue weighted by Crippen LogP contribution is -2.45. The number of carbonyl (C=O) groups excluding carboxylic acids is 2. The molecule has 0 atom stereocenters. The van der Waals surface area contributed by atoms with Gasteiger partial charge in [0, 0.05) is 6.54 Å². The van der Waals surface area contributed by atoms with Crippen molar-refractivity contribution in [1.82, 2.24) is 15.1 Å².